The molecule has 1 unspecified atom stereocenters. The summed E-state index contributed by atoms with van der Waals surface area (Å²) in [5.74, 6) is 0. The van der Waals surface area contributed by atoms with Crippen LogP contribution in [-0.2, 0) is 0 Å². The first kappa shape index (κ1) is 27.1. The van der Waals surface area contributed by atoms with Crippen molar-refractivity contribution in [2.45, 2.75) is 63.6 Å². The molecule has 6 heteroatoms. The molecule has 2 fully saturated rings. The summed E-state index contributed by atoms with van der Waals surface area (Å²) in [4.78, 5) is 0. The maximum absolute atomic E-state index is 5.93. The molecule has 0 amide bonds. The topological polar surface area (TPSA) is 48.1 Å². The Morgan fingerprint density at radius 2 is 1.44 bits per heavy atom. The summed E-state index contributed by atoms with van der Waals surface area (Å²) in [6, 6.07) is 17.2. The predicted molar refractivity (Wildman–Crippen MR) is 156 cm³/mol. The lowest BCUT2D eigenvalue weighted by Gasteiger charge is -2.39. The molecule has 194 valence electrons. The van der Waals surface area contributed by atoms with Gasteiger partial charge < -0.3 is 21.3 Å². The lowest BCUT2D eigenvalue weighted by atomic mass is 9.74. The van der Waals surface area contributed by atoms with Crippen LogP contribution in [0.15, 0.2) is 72.8 Å². The average Bonchev–Trinajstić information content (AvgIpc) is 2.81. The van der Waals surface area contributed by atoms with Crippen molar-refractivity contribution >= 4 is 34.6 Å². The maximum Gasteiger partial charge on any atom is 0.0407 e. The van der Waals surface area contributed by atoms with Crippen LogP contribution in [0.4, 0.5) is 11.4 Å². The van der Waals surface area contributed by atoms with Crippen molar-refractivity contribution in [3.63, 3.8) is 0 Å². The SMILES string of the molecule is CC(C)(C[C@@H]1CCN1)Nc1ccc(Cl)cc1.Clc1ccc(NC[C@@]2(CC3CCN3)C=CC=CC2)cc1. The smallest absolute Gasteiger partial charge is 0.0407 e. The molecule has 3 aliphatic rings. The summed E-state index contributed by atoms with van der Waals surface area (Å²) in [7, 11) is 0. The summed E-state index contributed by atoms with van der Waals surface area (Å²) in [5, 5.41) is 15.6. The molecule has 2 aromatic rings. The molecule has 0 saturated carbocycles. The van der Waals surface area contributed by atoms with E-state index in [1.54, 1.807) is 0 Å². The van der Waals surface area contributed by atoms with Gasteiger partial charge in [-0.15, -0.1) is 0 Å². The predicted octanol–water partition coefficient (Wildman–Crippen LogP) is 7.29. The highest BCUT2D eigenvalue weighted by Crippen LogP contribution is 2.35. The molecular formula is C30H40Cl2N4. The van der Waals surface area contributed by atoms with Crippen molar-refractivity contribution in [2.24, 2.45) is 5.41 Å². The fourth-order valence-electron chi connectivity index (χ4n) is 5.04. The van der Waals surface area contributed by atoms with Gasteiger partial charge in [0.15, 0.2) is 0 Å². The van der Waals surface area contributed by atoms with E-state index in [0.717, 1.165) is 40.8 Å². The first-order chi connectivity index (χ1) is 17.3. The van der Waals surface area contributed by atoms with Crippen molar-refractivity contribution in [2.75, 3.05) is 30.3 Å². The number of halogens is 2. The maximum atomic E-state index is 5.93. The summed E-state index contributed by atoms with van der Waals surface area (Å²) in [5.41, 5.74) is 2.62. The lowest BCUT2D eigenvalue weighted by molar-refractivity contribution is 0.250. The van der Waals surface area contributed by atoms with E-state index in [1.165, 1.54) is 32.4 Å². The van der Waals surface area contributed by atoms with E-state index in [-0.39, 0.29) is 11.0 Å². The lowest BCUT2D eigenvalue weighted by Crippen LogP contribution is -2.48. The van der Waals surface area contributed by atoms with Crippen LogP contribution in [0.25, 0.3) is 0 Å². The molecule has 2 saturated heterocycles. The Kier molecular flexibility index (Phi) is 9.41. The molecule has 2 aliphatic heterocycles. The van der Waals surface area contributed by atoms with Crippen molar-refractivity contribution in [3.05, 3.63) is 82.9 Å². The highest BCUT2D eigenvalue weighted by Gasteiger charge is 2.32. The number of hydrogen-bond donors (Lipinski definition) is 4. The van der Waals surface area contributed by atoms with E-state index < -0.39 is 0 Å². The molecule has 0 radical (unpaired) electrons. The monoisotopic (exact) mass is 526 g/mol. The Labute approximate surface area is 226 Å². The van der Waals surface area contributed by atoms with Gasteiger partial charge in [0.05, 0.1) is 0 Å². The van der Waals surface area contributed by atoms with Crippen molar-refractivity contribution in [1.82, 2.24) is 10.6 Å². The van der Waals surface area contributed by atoms with Crippen molar-refractivity contribution in [1.29, 1.82) is 0 Å². The number of hydrogen-bond acceptors (Lipinski definition) is 4. The normalized spacial score (nSPS) is 24.7. The van der Waals surface area contributed by atoms with Gasteiger partial charge in [-0.2, -0.15) is 0 Å². The van der Waals surface area contributed by atoms with Gasteiger partial charge in [-0.05, 0) is 108 Å². The third-order valence-electron chi connectivity index (χ3n) is 7.30. The van der Waals surface area contributed by atoms with E-state index in [0.29, 0.717) is 12.1 Å². The molecule has 2 aromatic carbocycles. The van der Waals surface area contributed by atoms with Gasteiger partial charge in [-0.3, -0.25) is 0 Å². The Morgan fingerprint density at radius 1 is 0.861 bits per heavy atom. The second-order valence-electron chi connectivity index (χ2n) is 11.0. The van der Waals surface area contributed by atoms with Crippen LogP contribution in [0.5, 0.6) is 0 Å². The van der Waals surface area contributed by atoms with Gasteiger partial charge in [0.2, 0.25) is 0 Å². The largest absolute Gasteiger partial charge is 0.384 e. The van der Waals surface area contributed by atoms with Gasteiger partial charge in [-0.25, -0.2) is 0 Å². The van der Waals surface area contributed by atoms with Gasteiger partial charge >= 0.3 is 0 Å². The zero-order valence-electron chi connectivity index (χ0n) is 21.5. The molecule has 0 spiro atoms. The Bertz CT molecular complexity index is 1010. The quantitative estimate of drug-likeness (QED) is 0.277. The second-order valence-corrected chi connectivity index (χ2v) is 11.9. The van der Waals surface area contributed by atoms with Crippen LogP contribution >= 0.6 is 23.2 Å². The molecule has 4 nitrogen and oxygen atoms in total. The standard InChI is InChI=1S/C17H21ClN2.C13H19ClN2/c18-14-4-6-15(7-5-14)20-13-17(9-2-1-3-10-17)12-16-8-11-19-16;1-13(2,9-12-7-8-15-12)16-11-5-3-10(14)4-6-11/h1-7,9,16,19-20H,8,10-13H2;3-6,12,15-16H,7-9H2,1-2H3/t16?,17-;12-/m00/s1. The van der Waals surface area contributed by atoms with E-state index in [1.807, 2.05) is 48.5 Å². The average molecular weight is 528 g/mol. The van der Waals surface area contributed by atoms with Gasteiger partial charge in [0.25, 0.3) is 0 Å². The second kappa shape index (κ2) is 12.5. The minimum Gasteiger partial charge on any atom is -0.384 e. The molecule has 5 rings (SSSR count). The van der Waals surface area contributed by atoms with Crippen LogP contribution in [0.1, 0.15) is 46.0 Å². The van der Waals surface area contributed by atoms with E-state index >= 15 is 0 Å². The van der Waals surface area contributed by atoms with Crippen molar-refractivity contribution in [3.8, 4) is 0 Å². The van der Waals surface area contributed by atoms with Crippen LogP contribution in [0.3, 0.4) is 0 Å². The molecule has 0 aromatic heterocycles. The van der Waals surface area contributed by atoms with Crippen molar-refractivity contribution < 1.29 is 0 Å². The molecule has 36 heavy (non-hydrogen) atoms. The van der Waals surface area contributed by atoms with E-state index in [4.69, 9.17) is 23.2 Å². The Hall–Kier alpha value is -1.98. The summed E-state index contributed by atoms with van der Waals surface area (Å²) in [6.45, 7) is 7.78. The molecule has 4 N–H and O–H groups in total. The highest BCUT2D eigenvalue weighted by atomic mass is 35.5. The Morgan fingerprint density at radius 3 is 1.94 bits per heavy atom. The van der Waals surface area contributed by atoms with Crippen LogP contribution in [-0.4, -0.2) is 37.3 Å². The molecule has 2 heterocycles. The third-order valence-corrected chi connectivity index (χ3v) is 7.80. The Balaban J connectivity index is 0.000000174. The summed E-state index contributed by atoms with van der Waals surface area (Å²) < 4.78 is 0. The molecular weight excluding hydrogens is 487 g/mol. The van der Waals surface area contributed by atoms with Crippen LogP contribution in [0.2, 0.25) is 10.0 Å². The minimum absolute atomic E-state index is 0.117. The summed E-state index contributed by atoms with van der Waals surface area (Å²) >= 11 is 11.8. The first-order valence-corrected chi connectivity index (χ1v) is 13.9. The number of allylic oxidation sites excluding steroid dienone is 3. The zero-order valence-corrected chi connectivity index (χ0v) is 23.0. The fraction of sp³-hybridized carbons (Fsp3) is 0.467. The summed E-state index contributed by atoms with van der Waals surface area (Å²) in [6.07, 6.45) is 15.1. The van der Waals surface area contributed by atoms with E-state index in [9.17, 15) is 0 Å². The minimum atomic E-state index is 0.117. The van der Waals surface area contributed by atoms with Crippen LogP contribution in [0, 0.1) is 5.41 Å². The number of benzene rings is 2. The highest BCUT2D eigenvalue weighted by molar-refractivity contribution is 6.30. The van der Waals surface area contributed by atoms with Gasteiger partial charge in [0, 0.05) is 51.0 Å². The first-order valence-electron chi connectivity index (χ1n) is 13.2. The van der Waals surface area contributed by atoms with E-state index in [2.05, 4.69) is 59.4 Å². The van der Waals surface area contributed by atoms with Gasteiger partial charge in [-0.1, -0.05) is 47.5 Å². The number of rotatable bonds is 9. The van der Waals surface area contributed by atoms with Gasteiger partial charge in [0.1, 0.15) is 0 Å². The fourth-order valence-corrected chi connectivity index (χ4v) is 5.29. The number of nitrogens with one attached hydrogen (secondary N) is 4. The third kappa shape index (κ3) is 8.27. The molecule has 0 bridgehead atoms. The molecule has 3 atom stereocenters. The molecule has 1 aliphatic carbocycles. The number of anilines is 2. The zero-order chi connectivity index (χ0) is 25.4. The van der Waals surface area contributed by atoms with Crippen LogP contribution < -0.4 is 21.3 Å².